The molecule has 0 spiro atoms. The van der Waals surface area contributed by atoms with Crippen molar-refractivity contribution in [3.05, 3.63) is 30.3 Å². The lowest BCUT2D eigenvalue weighted by atomic mass is 9.98. The van der Waals surface area contributed by atoms with Gasteiger partial charge >= 0.3 is 5.97 Å². The van der Waals surface area contributed by atoms with Gasteiger partial charge in [0.2, 0.25) is 15.9 Å². The van der Waals surface area contributed by atoms with Crippen molar-refractivity contribution in [3.8, 4) is 0 Å². The van der Waals surface area contributed by atoms with E-state index in [0.717, 1.165) is 0 Å². The monoisotopic (exact) mass is 340 g/mol. The number of amides is 1. The summed E-state index contributed by atoms with van der Waals surface area (Å²) in [6.07, 6.45) is 1.10. The average Bonchev–Trinajstić information content (AvgIpc) is 2.55. The molecule has 0 saturated carbocycles. The standard InChI is InChI=1S/C15H20N2O5S/c1-11(15(19)20)16-14(18)12-6-5-9-17(10-12)23(21,22)13-7-3-2-4-8-13/h2-4,7-8,11-12H,5-6,9-10H2,1H3,(H,16,18)(H,19,20)/t11-,12?/m0/s1. The van der Waals surface area contributed by atoms with Crippen LogP contribution >= 0.6 is 0 Å². The van der Waals surface area contributed by atoms with Crippen LogP contribution < -0.4 is 5.32 Å². The first-order valence-corrected chi connectivity index (χ1v) is 8.84. The summed E-state index contributed by atoms with van der Waals surface area (Å²) in [5.41, 5.74) is 0. The molecule has 0 radical (unpaired) electrons. The third-order valence-electron chi connectivity index (χ3n) is 3.87. The SMILES string of the molecule is C[C@H](NC(=O)C1CCCN(S(=O)(=O)c2ccccc2)C1)C(=O)O. The Morgan fingerprint density at radius 1 is 1.30 bits per heavy atom. The van der Waals surface area contributed by atoms with Crippen LogP contribution in [0.3, 0.4) is 0 Å². The van der Waals surface area contributed by atoms with Gasteiger partial charge in [-0.25, -0.2) is 8.42 Å². The fourth-order valence-electron chi connectivity index (χ4n) is 2.51. The summed E-state index contributed by atoms with van der Waals surface area (Å²) in [4.78, 5) is 23.1. The summed E-state index contributed by atoms with van der Waals surface area (Å²) in [6.45, 7) is 1.80. The van der Waals surface area contributed by atoms with Crippen LogP contribution in [0.25, 0.3) is 0 Å². The van der Waals surface area contributed by atoms with Crippen LogP contribution in [0.15, 0.2) is 35.2 Å². The number of hydrogen-bond acceptors (Lipinski definition) is 4. The Bertz CT molecular complexity index is 674. The zero-order valence-corrected chi connectivity index (χ0v) is 13.6. The third kappa shape index (κ3) is 4.08. The Balaban J connectivity index is 2.09. The van der Waals surface area contributed by atoms with Gasteiger partial charge in [-0.15, -0.1) is 0 Å². The molecule has 1 amide bonds. The van der Waals surface area contributed by atoms with E-state index in [1.807, 2.05) is 0 Å². The van der Waals surface area contributed by atoms with Crippen LogP contribution in [0, 0.1) is 5.92 Å². The van der Waals surface area contributed by atoms with E-state index in [4.69, 9.17) is 5.11 Å². The van der Waals surface area contributed by atoms with E-state index < -0.39 is 33.9 Å². The molecular weight excluding hydrogens is 320 g/mol. The van der Waals surface area contributed by atoms with E-state index in [1.165, 1.54) is 23.4 Å². The molecule has 1 aromatic rings. The highest BCUT2D eigenvalue weighted by Gasteiger charge is 2.33. The number of rotatable bonds is 5. The molecule has 126 valence electrons. The number of carboxylic acid groups (broad SMARTS) is 1. The molecule has 0 aromatic heterocycles. The first kappa shape index (κ1) is 17.4. The van der Waals surface area contributed by atoms with Gasteiger partial charge in [-0.2, -0.15) is 4.31 Å². The molecule has 2 N–H and O–H groups in total. The number of sulfonamides is 1. The van der Waals surface area contributed by atoms with Gasteiger partial charge in [0.15, 0.2) is 0 Å². The quantitative estimate of drug-likeness (QED) is 0.820. The Morgan fingerprint density at radius 3 is 2.57 bits per heavy atom. The molecule has 7 nitrogen and oxygen atoms in total. The van der Waals surface area contributed by atoms with Gasteiger partial charge in [0.05, 0.1) is 10.8 Å². The van der Waals surface area contributed by atoms with E-state index in [9.17, 15) is 18.0 Å². The molecule has 1 aliphatic rings. The van der Waals surface area contributed by atoms with Crippen molar-refractivity contribution in [3.63, 3.8) is 0 Å². The van der Waals surface area contributed by atoms with Gasteiger partial charge in [0, 0.05) is 13.1 Å². The number of aliphatic carboxylic acids is 1. The summed E-state index contributed by atoms with van der Waals surface area (Å²) in [5.74, 6) is -2.08. The van der Waals surface area contributed by atoms with Gasteiger partial charge in [-0.05, 0) is 31.9 Å². The zero-order valence-electron chi connectivity index (χ0n) is 12.8. The van der Waals surface area contributed by atoms with Gasteiger partial charge in [0.1, 0.15) is 6.04 Å². The maximum atomic E-state index is 12.6. The summed E-state index contributed by atoms with van der Waals surface area (Å²) < 4.78 is 26.5. The number of nitrogens with zero attached hydrogens (tertiary/aromatic N) is 1. The number of carbonyl (C=O) groups is 2. The number of carbonyl (C=O) groups excluding carboxylic acids is 1. The smallest absolute Gasteiger partial charge is 0.325 e. The number of carboxylic acids is 1. The van der Waals surface area contributed by atoms with Crippen molar-refractivity contribution in [2.45, 2.75) is 30.7 Å². The van der Waals surface area contributed by atoms with E-state index in [1.54, 1.807) is 18.2 Å². The summed E-state index contributed by atoms with van der Waals surface area (Å²) in [6, 6.07) is 7.07. The van der Waals surface area contributed by atoms with E-state index in [0.29, 0.717) is 19.4 Å². The summed E-state index contributed by atoms with van der Waals surface area (Å²) in [5, 5.41) is 11.2. The van der Waals surface area contributed by atoms with Crippen LogP contribution in [0.4, 0.5) is 0 Å². The number of piperidine rings is 1. The molecule has 1 heterocycles. The van der Waals surface area contributed by atoms with E-state index >= 15 is 0 Å². The Labute approximate surface area is 135 Å². The van der Waals surface area contributed by atoms with E-state index in [-0.39, 0.29) is 11.4 Å². The molecule has 2 atom stereocenters. The molecule has 1 saturated heterocycles. The minimum absolute atomic E-state index is 0.0649. The second-order valence-electron chi connectivity index (χ2n) is 5.58. The molecule has 1 aliphatic heterocycles. The van der Waals surface area contributed by atoms with Crippen LogP contribution in [0.5, 0.6) is 0 Å². The fraction of sp³-hybridized carbons (Fsp3) is 0.467. The number of benzene rings is 1. The lowest BCUT2D eigenvalue weighted by Gasteiger charge is -2.31. The predicted molar refractivity (Wildman–Crippen MR) is 83.2 cm³/mol. The molecule has 1 fully saturated rings. The summed E-state index contributed by atoms with van der Waals surface area (Å²) in [7, 11) is -3.64. The first-order valence-electron chi connectivity index (χ1n) is 7.40. The number of nitrogens with one attached hydrogen (secondary N) is 1. The second kappa shape index (κ2) is 7.10. The second-order valence-corrected chi connectivity index (χ2v) is 7.52. The molecule has 8 heteroatoms. The maximum Gasteiger partial charge on any atom is 0.325 e. The van der Waals surface area contributed by atoms with Gasteiger partial charge < -0.3 is 10.4 Å². The average molecular weight is 340 g/mol. The highest BCUT2D eigenvalue weighted by atomic mass is 32.2. The van der Waals surface area contributed by atoms with Crippen molar-refractivity contribution in [2.75, 3.05) is 13.1 Å². The van der Waals surface area contributed by atoms with Crippen LogP contribution in [-0.2, 0) is 19.6 Å². The minimum atomic E-state index is -3.64. The predicted octanol–water partition coefficient (Wildman–Crippen LogP) is 0.677. The lowest BCUT2D eigenvalue weighted by Crippen LogP contribution is -2.48. The molecule has 2 rings (SSSR count). The molecule has 0 bridgehead atoms. The highest BCUT2D eigenvalue weighted by Crippen LogP contribution is 2.23. The number of hydrogen-bond donors (Lipinski definition) is 2. The molecule has 0 aliphatic carbocycles. The maximum absolute atomic E-state index is 12.6. The first-order chi connectivity index (χ1) is 10.8. The zero-order chi connectivity index (χ0) is 17.0. The van der Waals surface area contributed by atoms with Crippen molar-refractivity contribution >= 4 is 21.9 Å². The van der Waals surface area contributed by atoms with Gasteiger partial charge in [-0.3, -0.25) is 9.59 Å². The summed E-state index contributed by atoms with van der Waals surface area (Å²) >= 11 is 0. The normalized spacial score (nSPS) is 20.7. The molecule has 23 heavy (non-hydrogen) atoms. The van der Waals surface area contributed by atoms with Crippen LogP contribution in [-0.4, -0.2) is 48.8 Å². The molecule has 1 unspecified atom stereocenters. The fourth-order valence-corrected chi connectivity index (χ4v) is 4.05. The van der Waals surface area contributed by atoms with Gasteiger partial charge in [0.25, 0.3) is 0 Å². The highest BCUT2D eigenvalue weighted by molar-refractivity contribution is 7.89. The van der Waals surface area contributed by atoms with Crippen molar-refractivity contribution < 1.29 is 23.1 Å². The van der Waals surface area contributed by atoms with Crippen LogP contribution in [0.2, 0.25) is 0 Å². The van der Waals surface area contributed by atoms with Gasteiger partial charge in [-0.1, -0.05) is 18.2 Å². The minimum Gasteiger partial charge on any atom is -0.480 e. The molecule has 1 aromatic carbocycles. The van der Waals surface area contributed by atoms with E-state index in [2.05, 4.69) is 5.32 Å². The largest absolute Gasteiger partial charge is 0.480 e. The Kier molecular flexibility index (Phi) is 5.38. The lowest BCUT2D eigenvalue weighted by molar-refractivity contribution is -0.142. The van der Waals surface area contributed by atoms with Crippen molar-refractivity contribution in [1.29, 1.82) is 0 Å². The Morgan fingerprint density at radius 2 is 1.96 bits per heavy atom. The van der Waals surface area contributed by atoms with Crippen molar-refractivity contribution in [2.24, 2.45) is 5.92 Å². The molecular formula is C15H20N2O5S. The van der Waals surface area contributed by atoms with Crippen LogP contribution in [0.1, 0.15) is 19.8 Å². The Hall–Kier alpha value is -1.93. The third-order valence-corrected chi connectivity index (χ3v) is 5.74. The van der Waals surface area contributed by atoms with Crippen molar-refractivity contribution in [1.82, 2.24) is 9.62 Å². The topological polar surface area (TPSA) is 104 Å².